The van der Waals surface area contributed by atoms with Crippen LogP contribution in [-0.2, 0) is 16.6 Å². The molecule has 0 bridgehead atoms. The second-order valence-corrected chi connectivity index (χ2v) is 9.08. The summed E-state index contributed by atoms with van der Waals surface area (Å²) >= 11 is 1.72. The molecule has 0 saturated carbocycles. The van der Waals surface area contributed by atoms with Gasteiger partial charge in [0.2, 0.25) is 0 Å². The van der Waals surface area contributed by atoms with Gasteiger partial charge in [-0.3, -0.25) is 4.72 Å². The van der Waals surface area contributed by atoms with Gasteiger partial charge in [0.15, 0.2) is 5.16 Å². The number of nitrogens with zero attached hydrogens (tertiary/aromatic N) is 2. The van der Waals surface area contributed by atoms with Crippen LogP contribution >= 0.6 is 11.8 Å². The van der Waals surface area contributed by atoms with E-state index in [0.29, 0.717) is 10.6 Å². The molecule has 0 spiro atoms. The van der Waals surface area contributed by atoms with Crippen LogP contribution in [0.2, 0.25) is 0 Å². The number of rotatable bonds is 4. The summed E-state index contributed by atoms with van der Waals surface area (Å²) in [6.45, 7) is 4.69. The van der Waals surface area contributed by atoms with Crippen LogP contribution in [0.25, 0.3) is 11.3 Å². The van der Waals surface area contributed by atoms with Crippen LogP contribution < -0.4 is 4.72 Å². The number of aromatic nitrogens is 2. The lowest BCUT2D eigenvalue weighted by Gasteiger charge is -2.13. The summed E-state index contributed by atoms with van der Waals surface area (Å²) < 4.78 is 30.7. The number of sulfonamides is 1. The molecule has 2 heterocycles. The zero-order chi connectivity index (χ0) is 18.3. The average Bonchev–Trinajstić information content (AvgIpc) is 3.16. The molecule has 26 heavy (non-hydrogen) atoms. The van der Waals surface area contributed by atoms with Crippen LogP contribution in [0.15, 0.2) is 58.7 Å². The Labute approximate surface area is 157 Å². The molecular weight excluding hydrogens is 366 g/mol. The Bertz CT molecular complexity index is 1070. The molecule has 0 fully saturated rings. The Hall–Kier alpha value is -2.25. The van der Waals surface area contributed by atoms with Gasteiger partial charge < -0.3 is 4.57 Å². The SMILES string of the molecule is Cc1ccc(S(=O)(=O)Nc2ccccc2-c2cn3c(n2)SCC3)c(C)c1. The number of hydrogen-bond donors (Lipinski definition) is 1. The third-order valence-electron chi connectivity index (χ3n) is 4.37. The van der Waals surface area contributed by atoms with Gasteiger partial charge in [-0.25, -0.2) is 13.4 Å². The second-order valence-electron chi connectivity index (χ2n) is 6.37. The first-order valence-corrected chi connectivity index (χ1v) is 10.8. The number of anilines is 1. The zero-order valence-corrected chi connectivity index (χ0v) is 16.2. The van der Waals surface area contributed by atoms with E-state index in [1.54, 1.807) is 23.9 Å². The highest BCUT2D eigenvalue weighted by Gasteiger charge is 2.21. The lowest BCUT2D eigenvalue weighted by molar-refractivity contribution is 0.600. The van der Waals surface area contributed by atoms with Crippen molar-refractivity contribution in [1.29, 1.82) is 0 Å². The van der Waals surface area contributed by atoms with Crippen LogP contribution in [0.3, 0.4) is 0 Å². The summed E-state index contributed by atoms with van der Waals surface area (Å²) in [7, 11) is -3.68. The van der Waals surface area contributed by atoms with E-state index in [4.69, 9.17) is 0 Å². The summed E-state index contributed by atoms with van der Waals surface area (Å²) in [6.07, 6.45) is 1.99. The summed E-state index contributed by atoms with van der Waals surface area (Å²) in [6, 6.07) is 12.7. The van der Waals surface area contributed by atoms with Crippen molar-refractivity contribution >= 4 is 27.5 Å². The molecule has 5 nitrogen and oxygen atoms in total. The highest BCUT2D eigenvalue weighted by Crippen LogP contribution is 2.33. The zero-order valence-electron chi connectivity index (χ0n) is 14.6. The van der Waals surface area contributed by atoms with Gasteiger partial charge in [-0.15, -0.1) is 0 Å². The number of aryl methyl sites for hydroxylation is 3. The van der Waals surface area contributed by atoms with Crippen molar-refractivity contribution in [3.05, 3.63) is 59.8 Å². The predicted molar refractivity (Wildman–Crippen MR) is 105 cm³/mol. The van der Waals surface area contributed by atoms with E-state index in [1.807, 2.05) is 50.4 Å². The lowest BCUT2D eigenvalue weighted by atomic mass is 10.1. The van der Waals surface area contributed by atoms with Crippen LogP contribution in [-0.4, -0.2) is 23.7 Å². The maximum Gasteiger partial charge on any atom is 0.262 e. The lowest BCUT2D eigenvalue weighted by Crippen LogP contribution is -2.15. The average molecular weight is 386 g/mol. The van der Waals surface area contributed by atoms with Gasteiger partial charge in [0.05, 0.1) is 16.3 Å². The van der Waals surface area contributed by atoms with Crippen molar-refractivity contribution in [3.63, 3.8) is 0 Å². The molecule has 4 rings (SSSR count). The summed E-state index contributed by atoms with van der Waals surface area (Å²) in [5.74, 6) is 1.03. The minimum Gasteiger partial charge on any atom is -0.325 e. The Morgan fingerprint density at radius 3 is 2.73 bits per heavy atom. The molecule has 0 aliphatic carbocycles. The third-order valence-corrected chi connectivity index (χ3v) is 6.87. The van der Waals surface area contributed by atoms with Crippen molar-refractivity contribution in [3.8, 4) is 11.3 Å². The third kappa shape index (κ3) is 3.12. The minimum atomic E-state index is -3.68. The number of benzene rings is 2. The number of nitrogens with one attached hydrogen (secondary N) is 1. The van der Waals surface area contributed by atoms with Gasteiger partial charge in [-0.1, -0.05) is 47.7 Å². The molecule has 2 aromatic carbocycles. The first-order chi connectivity index (χ1) is 12.4. The van der Waals surface area contributed by atoms with E-state index >= 15 is 0 Å². The van der Waals surface area contributed by atoms with Crippen LogP contribution in [0, 0.1) is 13.8 Å². The highest BCUT2D eigenvalue weighted by atomic mass is 32.2. The number of fused-ring (bicyclic) bond motifs is 1. The van der Waals surface area contributed by atoms with Gasteiger partial charge in [-0.05, 0) is 31.5 Å². The fourth-order valence-corrected chi connectivity index (χ4v) is 5.39. The molecule has 0 radical (unpaired) electrons. The first kappa shape index (κ1) is 17.2. The van der Waals surface area contributed by atoms with Gasteiger partial charge >= 0.3 is 0 Å². The van der Waals surface area contributed by atoms with Crippen LogP contribution in [0.5, 0.6) is 0 Å². The molecule has 7 heteroatoms. The van der Waals surface area contributed by atoms with Gasteiger partial charge in [0.25, 0.3) is 10.0 Å². The van der Waals surface area contributed by atoms with Gasteiger partial charge in [-0.2, -0.15) is 0 Å². The number of imidazole rings is 1. The van der Waals surface area contributed by atoms with E-state index in [9.17, 15) is 8.42 Å². The molecular formula is C19H19N3O2S2. The quantitative estimate of drug-likeness (QED) is 0.735. The topological polar surface area (TPSA) is 64.0 Å². The predicted octanol–water partition coefficient (Wildman–Crippen LogP) is 4.07. The fraction of sp³-hybridized carbons (Fsp3) is 0.211. The molecule has 1 aromatic heterocycles. The van der Waals surface area contributed by atoms with E-state index < -0.39 is 10.0 Å². The minimum absolute atomic E-state index is 0.292. The summed E-state index contributed by atoms with van der Waals surface area (Å²) in [5.41, 5.74) is 3.86. The summed E-state index contributed by atoms with van der Waals surface area (Å²) in [4.78, 5) is 4.94. The number of para-hydroxylation sites is 1. The fourth-order valence-electron chi connectivity index (χ4n) is 3.14. The maximum absolute atomic E-state index is 12.9. The molecule has 0 saturated heterocycles. The van der Waals surface area contributed by atoms with Crippen molar-refractivity contribution in [2.45, 2.75) is 30.4 Å². The molecule has 1 N–H and O–H groups in total. The molecule has 1 aliphatic rings. The Balaban J connectivity index is 1.72. The first-order valence-electron chi connectivity index (χ1n) is 8.33. The van der Waals surface area contributed by atoms with Crippen molar-refractivity contribution in [2.75, 3.05) is 10.5 Å². The van der Waals surface area contributed by atoms with Crippen LogP contribution in [0.4, 0.5) is 5.69 Å². The standard InChI is InChI=1S/C19H19N3O2S2/c1-13-7-8-18(14(2)11-13)26(23,24)21-16-6-4-3-5-15(16)17-12-22-9-10-25-19(22)20-17/h3-8,11-12,21H,9-10H2,1-2H3. The van der Waals surface area contributed by atoms with Crippen molar-refractivity contribution in [1.82, 2.24) is 9.55 Å². The highest BCUT2D eigenvalue weighted by molar-refractivity contribution is 7.99. The molecule has 1 aliphatic heterocycles. The normalized spacial score (nSPS) is 13.6. The Morgan fingerprint density at radius 2 is 1.96 bits per heavy atom. The number of thioether (sulfide) groups is 1. The molecule has 134 valence electrons. The Morgan fingerprint density at radius 1 is 1.15 bits per heavy atom. The monoisotopic (exact) mass is 385 g/mol. The van der Waals surface area contributed by atoms with E-state index in [0.717, 1.165) is 39.8 Å². The van der Waals surface area contributed by atoms with Gasteiger partial charge in [0.1, 0.15) is 0 Å². The second kappa shape index (κ2) is 6.48. The summed E-state index contributed by atoms with van der Waals surface area (Å²) in [5, 5.41) is 0.979. The number of hydrogen-bond acceptors (Lipinski definition) is 4. The molecule has 0 amide bonds. The smallest absolute Gasteiger partial charge is 0.262 e. The Kier molecular flexibility index (Phi) is 4.28. The largest absolute Gasteiger partial charge is 0.325 e. The van der Waals surface area contributed by atoms with E-state index in [-0.39, 0.29) is 0 Å². The molecule has 3 aromatic rings. The van der Waals surface area contributed by atoms with E-state index in [1.165, 1.54) is 0 Å². The molecule has 0 unspecified atom stereocenters. The van der Waals surface area contributed by atoms with Crippen LogP contribution in [0.1, 0.15) is 11.1 Å². The van der Waals surface area contributed by atoms with Gasteiger partial charge in [0, 0.05) is 24.1 Å². The van der Waals surface area contributed by atoms with Crippen molar-refractivity contribution < 1.29 is 8.42 Å². The van der Waals surface area contributed by atoms with Crippen molar-refractivity contribution in [2.24, 2.45) is 0 Å². The maximum atomic E-state index is 12.9. The van der Waals surface area contributed by atoms with E-state index in [2.05, 4.69) is 14.3 Å². The molecule has 0 atom stereocenters.